The predicted molar refractivity (Wildman–Crippen MR) is 74.8 cm³/mol. The largest absolute Gasteiger partial charge is 0.380 e. The van der Waals surface area contributed by atoms with Gasteiger partial charge in [-0.05, 0) is 45.7 Å². The van der Waals surface area contributed by atoms with Crippen LogP contribution in [0.4, 0.5) is 0 Å². The van der Waals surface area contributed by atoms with Crippen LogP contribution in [0.15, 0.2) is 0 Å². The predicted octanol–water partition coefficient (Wildman–Crippen LogP) is 1.63. The summed E-state index contributed by atoms with van der Waals surface area (Å²) < 4.78 is 5.55. The van der Waals surface area contributed by atoms with Crippen molar-refractivity contribution in [3.05, 3.63) is 0 Å². The number of hydrogen-bond donors (Lipinski definition) is 2. The van der Waals surface area contributed by atoms with Gasteiger partial charge in [-0.1, -0.05) is 0 Å². The number of hydrogen-bond acceptors (Lipinski definition) is 4. The van der Waals surface area contributed by atoms with Gasteiger partial charge in [0.1, 0.15) is 0 Å². The van der Waals surface area contributed by atoms with Gasteiger partial charge >= 0.3 is 0 Å². The molecule has 100 valence electrons. The molecule has 2 N–H and O–H groups in total. The summed E-state index contributed by atoms with van der Waals surface area (Å²) in [4.78, 5) is 0. The zero-order valence-electron chi connectivity index (χ0n) is 11.0. The van der Waals surface area contributed by atoms with E-state index in [1.165, 1.54) is 44.5 Å². The Morgan fingerprint density at radius 1 is 1.41 bits per heavy atom. The van der Waals surface area contributed by atoms with Crippen molar-refractivity contribution < 1.29 is 4.74 Å². The van der Waals surface area contributed by atoms with Crippen molar-refractivity contribution >= 4 is 11.8 Å². The Morgan fingerprint density at radius 3 is 2.94 bits per heavy atom. The van der Waals surface area contributed by atoms with Crippen LogP contribution in [0, 0.1) is 0 Å². The van der Waals surface area contributed by atoms with E-state index in [0.717, 1.165) is 25.0 Å². The molecular formula is C13H26N2OS. The summed E-state index contributed by atoms with van der Waals surface area (Å²) in [5.41, 5.74) is 0.229. The number of rotatable bonds is 5. The summed E-state index contributed by atoms with van der Waals surface area (Å²) in [5.74, 6) is 1.24. The fourth-order valence-electron chi connectivity index (χ4n) is 2.61. The molecule has 0 radical (unpaired) electrons. The van der Waals surface area contributed by atoms with Crippen LogP contribution in [0.1, 0.15) is 32.6 Å². The van der Waals surface area contributed by atoms with Gasteiger partial charge in [-0.2, -0.15) is 11.8 Å². The van der Waals surface area contributed by atoms with E-state index in [4.69, 9.17) is 4.74 Å². The lowest BCUT2D eigenvalue weighted by Gasteiger charge is -2.34. The second-order valence-electron chi connectivity index (χ2n) is 5.46. The third kappa shape index (κ3) is 4.78. The highest BCUT2D eigenvalue weighted by Crippen LogP contribution is 2.21. The highest BCUT2D eigenvalue weighted by Gasteiger charge is 2.26. The maximum absolute atomic E-state index is 5.55. The van der Waals surface area contributed by atoms with Crippen molar-refractivity contribution in [2.75, 3.05) is 38.6 Å². The topological polar surface area (TPSA) is 33.3 Å². The van der Waals surface area contributed by atoms with E-state index < -0.39 is 0 Å². The average Bonchev–Trinajstić information content (AvgIpc) is 2.37. The van der Waals surface area contributed by atoms with Crippen molar-refractivity contribution in [1.29, 1.82) is 0 Å². The zero-order valence-corrected chi connectivity index (χ0v) is 11.8. The van der Waals surface area contributed by atoms with Gasteiger partial charge in [0, 0.05) is 29.7 Å². The van der Waals surface area contributed by atoms with E-state index in [1.54, 1.807) is 0 Å². The second kappa shape index (κ2) is 6.98. The lowest BCUT2D eigenvalue weighted by atomic mass is 9.95. The minimum Gasteiger partial charge on any atom is -0.380 e. The number of thioether (sulfide) groups is 1. The van der Waals surface area contributed by atoms with Crippen LogP contribution >= 0.6 is 11.8 Å². The standard InChI is InChI=1S/C13H26N2OS/c1-13(5-2-9-16-11-13)15-8-10-17-12-3-6-14-7-4-12/h12,14-15H,2-11H2,1H3. The van der Waals surface area contributed by atoms with Gasteiger partial charge in [0.2, 0.25) is 0 Å². The monoisotopic (exact) mass is 258 g/mol. The molecule has 0 amide bonds. The van der Waals surface area contributed by atoms with E-state index in [1.807, 2.05) is 0 Å². The fraction of sp³-hybridized carbons (Fsp3) is 1.00. The van der Waals surface area contributed by atoms with Gasteiger partial charge in [0.05, 0.1) is 6.61 Å². The first kappa shape index (κ1) is 13.7. The van der Waals surface area contributed by atoms with Gasteiger partial charge in [0.25, 0.3) is 0 Å². The Labute approximate surface area is 109 Å². The Kier molecular flexibility index (Phi) is 5.60. The first-order chi connectivity index (χ1) is 8.29. The molecule has 3 nitrogen and oxygen atoms in total. The molecule has 0 aliphatic carbocycles. The van der Waals surface area contributed by atoms with E-state index in [9.17, 15) is 0 Å². The third-order valence-electron chi connectivity index (χ3n) is 3.73. The van der Waals surface area contributed by atoms with Crippen LogP contribution in [-0.2, 0) is 4.74 Å². The van der Waals surface area contributed by atoms with Crippen LogP contribution in [0.5, 0.6) is 0 Å². The minimum atomic E-state index is 0.229. The van der Waals surface area contributed by atoms with Crippen molar-refractivity contribution in [1.82, 2.24) is 10.6 Å². The van der Waals surface area contributed by atoms with E-state index in [0.29, 0.717) is 0 Å². The van der Waals surface area contributed by atoms with Gasteiger partial charge in [-0.15, -0.1) is 0 Å². The van der Waals surface area contributed by atoms with E-state index in [-0.39, 0.29) is 5.54 Å². The molecule has 0 aromatic carbocycles. The summed E-state index contributed by atoms with van der Waals surface area (Å²) in [6.07, 6.45) is 5.13. The van der Waals surface area contributed by atoms with Crippen molar-refractivity contribution in [2.24, 2.45) is 0 Å². The normalized spacial score (nSPS) is 31.6. The highest BCUT2D eigenvalue weighted by molar-refractivity contribution is 7.99. The number of piperidine rings is 1. The summed E-state index contributed by atoms with van der Waals surface area (Å²) >= 11 is 2.14. The number of ether oxygens (including phenoxy) is 1. The maximum atomic E-state index is 5.55. The van der Waals surface area contributed by atoms with Crippen LogP contribution in [-0.4, -0.2) is 49.4 Å². The van der Waals surface area contributed by atoms with E-state index >= 15 is 0 Å². The molecule has 0 aromatic rings. The zero-order chi connectivity index (χ0) is 12.0. The Balaban J connectivity index is 1.55. The van der Waals surface area contributed by atoms with Crippen LogP contribution in [0.25, 0.3) is 0 Å². The van der Waals surface area contributed by atoms with Crippen LogP contribution in [0.3, 0.4) is 0 Å². The molecule has 0 spiro atoms. The molecule has 1 unspecified atom stereocenters. The van der Waals surface area contributed by atoms with Gasteiger partial charge < -0.3 is 15.4 Å². The van der Waals surface area contributed by atoms with Crippen molar-refractivity contribution in [3.8, 4) is 0 Å². The molecule has 17 heavy (non-hydrogen) atoms. The molecule has 0 bridgehead atoms. The van der Waals surface area contributed by atoms with Gasteiger partial charge in [-0.25, -0.2) is 0 Å². The lowest BCUT2D eigenvalue weighted by molar-refractivity contribution is 0.0296. The van der Waals surface area contributed by atoms with Crippen LogP contribution < -0.4 is 10.6 Å². The minimum absolute atomic E-state index is 0.229. The number of nitrogens with one attached hydrogen (secondary N) is 2. The molecule has 2 saturated heterocycles. The molecule has 2 aliphatic rings. The molecule has 2 heterocycles. The molecular weight excluding hydrogens is 232 g/mol. The second-order valence-corrected chi connectivity index (χ2v) is 6.87. The summed E-state index contributed by atoms with van der Waals surface area (Å²) in [7, 11) is 0. The molecule has 1 atom stereocenters. The maximum Gasteiger partial charge on any atom is 0.0645 e. The third-order valence-corrected chi connectivity index (χ3v) is 5.11. The Hall–Kier alpha value is 0.230. The van der Waals surface area contributed by atoms with Crippen LogP contribution in [0.2, 0.25) is 0 Å². The Morgan fingerprint density at radius 2 is 2.24 bits per heavy atom. The molecule has 2 aliphatic heterocycles. The molecule has 0 aromatic heterocycles. The van der Waals surface area contributed by atoms with Gasteiger partial charge in [0.15, 0.2) is 0 Å². The molecule has 2 fully saturated rings. The van der Waals surface area contributed by atoms with Gasteiger partial charge in [-0.3, -0.25) is 0 Å². The average molecular weight is 258 g/mol. The smallest absolute Gasteiger partial charge is 0.0645 e. The first-order valence-corrected chi connectivity index (χ1v) is 7.98. The Bertz CT molecular complexity index is 213. The summed E-state index contributed by atoms with van der Waals surface area (Å²) in [6, 6.07) is 0. The molecule has 2 rings (SSSR count). The SMILES string of the molecule is CC1(NCCSC2CCNCC2)CCCOC1. The lowest BCUT2D eigenvalue weighted by Crippen LogP contribution is -2.49. The fourth-order valence-corrected chi connectivity index (χ4v) is 3.74. The molecule has 4 heteroatoms. The quantitative estimate of drug-likeness (QED) is 0.734. The molecule has 0 saturated carbocycles. The first-order valence-electron chi connectivity index (χ1n) is 6.94. The van der Waals surface area contributed by atoms with Crippen molar-refractivity contribution in [3.63, 3.8) is 0 Å². The van der Waals surface area contributed by atoms with Crippen molar-refractivity contribution in [2.45, 2.75) is 43.4 Å². The van der Waals surface area contributed by atoms with E-state index in [2.05, 4.69) is 29.3 Å². The summed E-state index contributed by atoms with van der Waals surface area (Å²) in [6.45, 7) is 7.65. The highest BCUT2D eigenvalue weighted by atomic mass is 32.2. The summed E-state index contributed by atoms with van der Waals surface area (Å²) in [5, 5.41) is 7.98.